The normalized spacial score (nSPS) is 11.3. The zero-order valence-electron chi connectivity index (χ0n) is 15.1. The fraction of sp³-hybridized carbons (Fsp3) is 0.0909. The summed E-state index contributed by atoms with van der Waals surface area (Å²) in [6, 6.07) is 13.6. The summed E-state index contributed by atoms with van der Waals surface area (Å²) in [6.45, 7) is 4.00. The average Bonchev–Trinajstić information content (AvgIpc) is 3.32. The number of imidazole rings is 1. The van der Waals surface area contributed by atoms with Crippen LogP contribution in [0.3, 0.4) is 0 Å². The Morgan fingerprint density at radius 2 is 2.04 bits per heavy atom. The number of nitrogens with one attached hydrogen (secondary N) is 1. The highest BCUT2D eigenvalue weighted by Crippen LogP contribution is 2.26. The first-order valence-electron chi connectivity index (χ1n) is 8.68. The third-order valence-corrected chi connectivity index (χ3v) is 4.41. The van der Waals surface area contributed by atoms with Gasteiger partial charge in [-0.1, -0.05) is 18.2 Å². The van der Waals surface area contributed by atoms with Crippen molar-refractivity contribution in [3.63, 3.8) is 0 Å². The predicted molar refractivity (Wildman–Crippen MR) is 106 cm³/mol. The Kier molecular flexibility index (Phi) is 4.34. The van der Waals surface area contributed by atoms with Crippen LogP contribution in [0.4, 0.5) is 5.69 Å². The van der Waals surface area contributed by atoms with E-state index in [2.05, 4.69) is 5.32 Å². The molecule has 0 aliphatic heterocycles. The molecule has 0 bridgehead atoms. The molecule has 0 spiro atoms. The topological polar surface area (TPSA) is 59.5 Å². The maximum absolute atomic E-state index is 12.2. The lowest BCUT2D eigenvalue weighted by molar-refractivity contribution is -0.111. The molecule has 0 aliphatic rings. The van der Waals surface area contributed by atoms with Crippen LogP contribution in [0.1, 0.15) is 16.9 Å². The minimum absolute atomic E-state index is 0.211. The fourth-order valence-corrected chi connectivity index (χ4v) is 2.93. The number of pyridine rings is 1. The summed E-state index contributed by atoms with van der Waals surface area (Å²) in [5.41, 5.74) is 5.61. The largest absolute Gasteiger partial charge is 0.465 e. The van der Waals surface area contributed by atoms with E-state index in [1.807, 2.05) is 61.0 Å². The van der Waals surface area contributed by atoms with Gasteiger partial charge in [-0.3, -0.25) is 4.79 Å². The third-order valence-electron chi connectivity index (χ3n) is 4.41. The van der Waals surface area contributed by atoms with Gasteiger partial charge in [-0.25, -0.2) is 4.98 Å². The first kappa shape index (κ1) is 16.8. The number of hydrogen-bond donors (Lipinski definition) is 1. The second-order valence-corrected chi connectivity index (χ2v) is 6.42. The second kappa shape index (κ2) is 6.96. The molecule has 3 aromatic heterocycles. The van der Waals surface area contributed by atoms with Gasteiger partial charge in [0.15, 0.2) is 0 Å². The van der Waals surface area contributed by atoms with Gasteiger partial charge in [0.1, 0.15) is 11.4 Å². The first-order valence-corrected chi connectivity index (χ1v) is 8.68. The third kappa shape index (κ3) is 3.53. The van der Waals surface area contributed by atoms with Crippen LogP contribution >= 0.6 is 0 Å². The molecule has 134 valence electrons. The number of anilines is 1. The van der Waals surface area contributed by atoms with E-state index in [1.165, 1.54) is 6.08 Å². The van der Waals surface area contributed by atoms with Crippen LogP contribution < -0.4 is 5.32 Å². The summed E-state index contributed by atoms with van der Waals surface area (Å²) in [7, 11) is 0. The van der Waals surface area contributed by atoms with E-state index in [0.29, 0.717) is 5.76 Å². The maximum atomic E-state index is 12.2. The van der Waals surface area contributed by atoms with Gasteiger partial charge >= 0.3 is 0 Å². The molecule has 0 unspecified atom stereocenters. The Bertz CT molecular complexity index is 1140. The summed E-state index contributed by atoms with van der Waals surface area (Å²) in [5, 5.41) is 2.93. The van der Waals surface area contributed by atoms with Gasteiger partial charge in [0.25, 0.3) is 0 Å². The molecule has 0 atom stereocenters. The number of furan rings is 1. The Hall–Kier alpha value is -3.60. The monoisotopic (exact) mass is 357 g/mol. The summed E-state index contributed by atoms with van der Waals surface area (Å²) < 4.78 is 7.20. The van der Waals surface area contributed by atoms with Crippen LogP contribution in [-0.4, -0.2) is 15.3 Å². The van der Waals surface area contributed by atoms with Crippen LogP contribution in [0.2, 0.25) is 0 Å². The lowest BCUT2D eigenvalue weighted by Gasteiger charge is -2.08. The van der Waals surface area contributed by atoms with Crippen molar-refractivity contribution in [3.05, 3.63) is 84.1 Å². The van der Waals surface area contributed by atoms with Crippen molar-refractivity contribution in [2.45, 2.75) is 13.8 Å². The molecular weight excluding hydrogens is 338 g/mol. The molecule has 3 heterocycles. The Balaban J connectivity index is 1.60. The van der Waals surface area contributed by atoms with Crippen molar-refractivity contribution < 1.29 is 9.21 Å². The number of hydrogen-bond acceptors (Lipinski definition) is 3. The van der Waals surface area contributed by atoms with E-state index in [9.17, 15) is 4.79 Å². The molecule has 1 N–H and O–H groups in total. The predicted octanol–water partition coefficient (Wildman–Crippen LogP) is 4.86. The zero-order valence-corrected chi connectivity index (χ0v) is 15.1. The van der Waals surface area contributed by atoms with Crippen molar-refractivity contribution >= 4 is 23.3 Å². The summed E-state index contributed by atoms with van der Waals surface area (Å²) in [6.07, 6.45) is 8.64. The average molecular weight is 357 g/mol. The standard InChI is InChI=1S/C22H19N3O2/c1-15-7-8-17(20-14-25-11-3-5-16(2)22(25)24-20)13-19(15)23-21(26)10-9-18-6-4-12-27-18/h3-14H,1-2H3,(H,23,26)/b10-9+. The van der Waals surface area contributed by atoms with E-state index in [1.54, 1.807) is 24.5 Å². The van der Waals surface area contributed by atoms with Crippen LogP contribution in [0.15, 0.2) is 71.6 Å². The second-order valence-electron chi connectivity index (χ2n) is 6.42. The number of rotatable bonds is 4. The number of aromatic nitrogens is 2. The van der Waals surface area contributed by atoms with Crippen molar-refractivity contribution in [3.8, 4) is 11.3 Å². The first-order chi connectivity index (χ1) is 13.1. The minimum atomic E-state index is -0.211. The lowest BCUT2D eigenvalue weighted by atomic mass is 10.1. The zero-order chi connectivity index (χ0) is 18.8. The van der Waals surface area contributed by atoms with E-state index >= 15 is 0 Å². The molecule has 5 heteroatoms. The van der Waals surface area contributed by atoms with Gasteiger partial charge in [0, 0.05) is 29.7 Å². The molecule has 1 aromatic carbocycles. The number of carbonyl (C=O) groups excluding carboxylic acids is 1. The molecule has 27 heavy (non-hydrogen) atoms. The van der Waals surface area contributed by atoms with Crippen LogP contribution in [0, 0.1) is 13.8 Å². The van der Waals surface area contributed by atoms with Crippen LogP contribution in [0.25, 0.3) is 23.0 Å². The summed E-state index contributed by atoms with van der Waals surface area (Å²) >= 11 is 0. The molecular formula is C22H19N3O2. The Morgan fingerprint density at radius 3 is 2.81 bits per heavy atom. The van der Waals surface area contributed by atoms with E-state index in [-0.39, 0.29) is 5.91 Å². The molecule has 0 radical (unpaired) electrons. The van der Waals surface area contributed by atoms with Gasteiger partial charge < -0.3 is 14.1 Å². The molecule has 0 fully saturated rings. The van der Waals surface area contributed by atoms with Crippen molar-refractivity contribution in [1.29, 1.82) is 0 Å². The molecule has 4 rings (SSSR count). The van der Waals surface area contributed by atoms with Crippen molar-refractivity contribution in [2.75, 3.05) is 5.32 Å². The Morgan fingerprint density at radius 1 is 1.15 bits per heavy atom. The van der Waals surface area contributed by atoms with Crippen LogP contribution in [0.5, 0.6) is 0 Å². The number of aryl methyl sites for hydroxylation is 2. The number of benzene rings is 1. The van der Waals surface area contributed by atoms with E-state index in [0.717, 1.165) is 33.7 Å². The number of amides is 1. The molecule has 5 nitrogen and oxygen atoms in total. The van der Waals surface area contributed by atoms with Crippen molar-refractivity contribution in [1.82, 2.24) is 9.38 Å². The number of carbonyl (C=O) groups is 1. The summed E-state index contributed by atoms with van der Waals surface area (Å²) in [4.78, 5) is 17.0. The van der Waals surface area contributed by atoms with Gasteiger partial charge in [-0.2, -0.15) is 0 Å². The lowest BCUT2D eigenvalue weighted by Crippen LogP contribution is -2.09. The molecule has 0 saturated heterocycles. The fourth-order valence-electron chi connectivity index (χ4n) is 2.93. The van der Waals surface area contributed by atoms with E-state index < -0.39 is 0 Å². The van der Waals surface area contributed by atoms with Gasteiger partial charge in [0.05, 0.1) is 12.0 Å². The van der Waals surface area contributed by atoms with Gasteiger partial charge in [0.2, 0.25) is 5.91 Å². The van der Waals surface area contributed by atoms with Crippen LogP contribution in [-0.2, 0) is 4.79 Å². The Labute approximate surface area is 157 Å². The summed E-state index contributed by atoms with van der Waals surface area (Å²) in [5.74, 6) is 0.424. The molecule has 1 amide bonds. The number of fused-ring (bicyclic) bond motifs is 1. The maximum Gasteiger partial charge on any atom is 0.248 e. The highest BCUT2D eigenvalue weighted by Gasteiger charge is 2.09. The quantitative estimate of drug-likeness (QED) is 0.531. The number of nitrogens with zero attached hydrogens (tertiary/aromatic N) is 2. The van der Waals surface area contributed by atoms with Gasteiger partial charge in [-0.05, 0) is 55.3 Å². The smallest absolute Gasteiger partial charge is 0.248 e. The highest BCUT2D eigenvalue weighted by atomic mass is 16.3. The SMILES string of the molecule is Cc1ccc(-c2cn3cccc(C)c3n2)cc1NC(=O)/C=C/c1ccco1. The molecule has 0 aliphatic carbocycles. The highest BCUT2D eigenvalue weighted by molar-refractivity contribution is 6.02. The van der Waals surface area contributed by atoms with Gasteiger partial charge in [-0.15, -0.1) is 0 Å². The van der Waals surface area contributed by atoms with Crippen molar-refractivity contribution in [2.24, 2.45) is 0 Å². The van der Waals surface area contributed by atoms with E-state index in [4.69, 9.17) is 9.40 Å². The molecule has 4 aromatic rings. The minimum Gasteiger partial charge on any atom is -0.465 e. The molecule has 0 saturated carbocycles.